The molecule has 0 bridgehead atoms. The van der Waals surface area contributed by atoms with Crippen LogP contribution in [0.2, 0.25) is 0 Å². The maximum Gasteiger partial charge on any atom is 0.508 e. The van der Waals surface area contributed by atoms with E-state index >= 15 is 0 Å². The van der Waals surface area contributed by atoms with E-state index in [1.165, 1.54) is 51.4 Å². The molecule has 0 aliphatic heterocycles. The molecule has 0 spiro atoms. The molecule has 0 saturated heterocycles. The van der Waals surface area contributed by atoms with Crippen LogP contribution in [0.15, 0.2) is 12.2 Å². The summed E-state index contributed by atoms with van der Waals surface area (Å²) in [4.78, 5) is 11.3. The molecule has 0 fully saturated rings. The predicted molar refractivity (Wildman–Crippen MR) is 97.7 cm³/mol. The number of hydrogen-bond acceptors (Lipinski definition) is 3. The number of ether oxygens (including phenoxy) is 2. The van der Waals surface area contributed by atoms with E-state index in [0.717, 1.165) is 19.3 Å². The molecule has 0 amide bonds. The van der Waals surface area contributed by atoms with E-state index in [1.54, 1.807) is 0 Å². The lowest BCUT2D eigenvalue weighted by atomic mass is 10.1. The van der Waals surface area contributed by atoms with E-state index < -0.39 is 6.16 Å². The lowest BCUT2D eigenvalue weighted by Crippen LogP contribution is -2.10. The lowest BCUT2D eigenvalue weighted by molar-refractivity contribution is 0.0512. The zero-order valence-electron chi connectivity index (χ0n) is 15.6. The quantitative estimate of drug-likeness (QED) is 0.192. The summed E-state index contributed by atoms with van der Waals surface area (Å²) >= 11 is 0. The molecule has 0 unspecified atom stereocenters. The highest BCUT2D eigenvalue weighted by atomic mass is 16.7. The lowest BCUT2D eigenvalue weighted by Gasteiger charge is -2.07. The standard InChI is InChI=1S/C20H38O3/c1-4-5-6-7-8-9-10-11-12-13-14-15-17-22-20(21)23-18-16-19(2)3/h7-8,19H,4-6,9-18H2,1-3H3/b8-7-. The Hall–Kier alpha value is -0.990. The molecule has 0 radical (unpaired) electrons. The molecule has 0 atom stereocenters. The van der Waals surface area contributed by atoms with Gasteiger partial charge < -0.3 is 9.47 Å². The van der Waals surface area contributed by atoms with Gasteiger partial charge in [-0.3, -0.25) is 0 Å². The van der Waals surface area contributed by atoms with Gasteiger partial charge in [-0.05, 0) is 38.0 Å². The van der Waals surface area contributed by atoms with Crippen molar-refractivity contribution in [3.05, 3.63) is 12.2 Å². The zero-order valence-corrected chi connectivity index (χ0v) is 15.6. The highest BCUT2D eigenvalue weighted by Crippen LogP contribution is 2.08. The Bertz CT molecular complexity index is 285. The van der Waals surface area contributed by atoms with Crippen molar-refractivity contribution < 1.29 is 14.3 Å². The summed E-state index contributed by atoms with van der Waals surface area (Å²) < 4.78 is 10.0. The fraction of sp³-hybridized carbons (Fsp3) is 0.850. The molecule has 0 rings (SSSR count). The number of carbonyl (C=O) groups excluding carboxylic acids is 1. The fourth-order valence-corrected chi connectivity index (χ4v) is 2.20. The van der Waals surface area contributed by atoms with Gasteiger partial charge in [0.25, 0.3) is 0 Å². The molecule has 0 N–H and O–H groups in total. The molecule has 0 saturated carbocycles. The second kappa shape index (κ2) is 17.4. The van der Waals surface area contributed by atoms with Crippen LogP contribution in [0.3, 0.4) is 0 Å². The first-order chi connectivity index (χ1) is 11.2. The van der Waals surface area contributed by atoms with Crippen LogP contribution in [0.4, 0.5) is 4.79 Å². The first-order valence-electron chi connectivity index (χ1n) is 9.61. The highest BCUT2D eigenvalue weighted by molar-refractivity contribution is 5.59. The zero-order chi connectivity index (χ0) is 17.2. The molecule has 136 valence electrons. The van der Waals surface area contributed by atoms with Crippen LogP contribution in [-0.2, 0) is 9.47 Å². The first-order valence-corrected chi connectivity index (χ1v) is 9.61. The van der Waals surface area contributed by atoms with Crippen molar-refractivity contribution in [2.24, 2.45) is 5.92 Å². The Morgan fingerprint density at radius 3 is 2.04 bits per heavy atom. The van der Waals surface area contributed by atoms with Crippen molar-refractivity contribution in [1.82, 2.24) is 0 Å². The summed E-state index contributed by atoms with van der Waals surface area (Å²) in [6.45, 7) is 7.40. The summed E-state index contributed by atoms with van der Waals surface area (Å²) in [5, 5.41) is 0. The average molecular weight is 327 g/mol. The van der Waals surface area contributed by atoms with Crippen molar-refractivity contribution in [3.63, 3.8) is 0 Å². The third kappa shape index (κ3) is 19.0. The second-order valence-corrected chi connectivity index (χ2v) is 6.65. The molecular formula is C20H38O3. The summed E-state index contributed by atoms with van der Waals surface area (Å²) in [6.07, 6.45) is 17.2. The van der Waals surface area contributed by atoms with Crippen LogP contribution >= 0.6 is 0 Å². The van der Waals surface area contributed by atoms with Crippen LogP contribution in [0.5, 0.6) is 0 Å². The minimum atomic E-state index is -0.513. The van der Waals surface area contributed by atoms with Gasteiger partial charge in [-0.1, -0.05) is 71.4 Å². The molecule has 0 heterocycles. The topological polar surface area (TPSA) is 35.5 Å². The van der Waals surface area contributed by atoms with Crippen molar-refractivity contribution in [1.29, 1.82) is 0 Å². The van der Waals surface area contributed by atoms with E-state index in [2.05, 4.69) is 32.9 Å². The Labute approximate surface area is 143 Å². The molecule has 3 nitrogen and oxygen atoms in total. The van der Waals surface area contributed by atoms with Gasteiger partial charge in [-0.25, -0.2) is 4.79 Å². The monoisotopic (exact) mass is 326 g/mol. The van der Waals surface area contributed by atoms with Crippen LogP contribution in [0, 0.1) is 5.92 Å². The van der Waals surface area contributed by atoms with Crippen LogP contribution in [0.1, 0.15) is 91.4 Å². The van der Waals surface area contributed by atoms with Gasteiger partial charge >= 0.3 is 6.16 Å². The van der Waals surface area contributed by atoms with Gasteiger partial charge in [0.05, 0.1) is 13.2 Å². The largest absolute Gasteiger partial charge is 0.508 e. The predicted octanol–water partition coefficient (Wildman–Crippen LogP) is 6.66. The van der Waals surface area contributed by atoms with Crippen LogP contribution in [-0.4, -0.2) is 19.4 Å². The number of carbonyl (C=O) groups is 1. The minimum absolute atomic E-state index is 0.462. The maximum atomic E-state index is 11.3. The Kier molecular flexibility index (Phi) is 16.6. The van der Waals surface area contributed by atoms with Gasteiger partial charge in [0, 0.05) is 0 Å². The Balaban J connectivity index is 3.18. The van der Waals surface area contributed by atoms with Gasteiger partial charge in [-0.15, -0.1) is 0 Å². The van der Waals surface area contributed by atoms with E-state index in [1.807, 2.05) is 0 Å². The van der Waals surface area contributed by atoms with Gasteiger partial charge in [0.2, 0.25) is 0 Å². The third-order valence-electron chi connectivity index (χ3n) is 3.79. The third-order valence-corrected chi connectivity index (χ3v) is 3.79. The summed E-state index contributed by atoms with van der Waals surface area (Å²) in [6, 6.07) is 0. The Morgan fingerprint density at radius 2 is 1.39 bits per heavy atom. The molecule has 0 aromatic heterocycles. The van der Waals surface area contributed by atoms with E-state index in [4.69, 9.17) is 9.47 Å². The first kappa shape index (κ1) is 22.0. The summed E-state index contributed by atoms with van der Waals surface area (Å²) in [5.74, 6) is 0.551. The van der Waals surface area contributed by atoms with Crippen molar-refractivity contribution >= 4 is 6.16 Å². The van der Waals surface area contributed by atoms with Gasteiger partial charge in [0.1, 0.15) is 0 Å². The number of rotatable bonds is 15. The molecule has 0 aromatic carbocycles. The number of unbranched alkanes of at least 4 members (excludes halogenated alkanes) is 8. The van der Waals surface area contributed by atoms with Crippen molar-refractivity contribution in [2.75, 3.05) is 13.2 Å². The minimum Gasteiger partial charge on any atom is -0.434 e. The maximum absolute atomic E-state index is 11.3. The number of hydrogen-bond donors (Lipinski definition) is 0. The van der Waals surface area contributed by atoms with E-state index in [9.17, 15) is 4.79 Å². The molecule has 3 heteroatoms. The SMILES string of the molecule is CCCC/C=C\CCCCCCCCOC(=O)OCCC(C)C. The fourth-order valence-electron chi connectivity index (χ4n) is 2.20. The molecule has 23 heavy (non-hydrogen) atoms. The number of allylic oxidation sites excluding steroid dienone is 2. The molecular weight excluding hydrogens is 288 g/mol. The second-order valence-electron chi connectivity index (χ2n) is 6.65. The van der Waals surface area contributed by atoms with E-state index in [-0.39, 0.29) is 0 Å². The normalized spacial score (nSPS) is 11.3. The summed E-state index contributed by atoms with van der Waals surface area (Å²) in [7, 11) is 0. The average Bonchev–Trinajstić information content (AvgIpc) is 2.51. The van der Waals surface area contributed by atoms with E-state index in [0.29, 0.717) is 19.1 Å². The van der Waals surface area contributed by atoms with Crippen molar-refractivity contribution in [3.8, 4) is 0 Å². The molecule has 0 aliphatic carbocycles. The smallest absolute Gasteiger partial charge is 0.434 e. The summed E-state index contributed by atoms with van der Waals surface area (Å²) in [5.41, 5.74) is 0. The molecule has 0 aromatic rings. The van der Waals surface area contributed by atoms with Gasteiger partial charge in [-0.2, -0.15) is 0 Å². The van der Waals surface area contributed by atoms with Crippen LogP contribution < -0.4 is 0 Å². The Morgan fingerprint density at radius 1 is 0.826 bits per heavy atom. The van der Waals surface area contributed by atoms with Gasteiger partial charge in [0.15, 0.2) is 0 Å². The van der Waals surface area contributed by atoms with Crippen LogP contribution in [0.25, 0.3) is 0 Å². The molecule has 0 aliphatic rings. The highest BCUT2D eigenvalue weighted by Gasteiger charge is 2.03. The van der Waals surface area contributed by atoms with Crippen molar-refractivity contribution in [2.45, 2.75) is 91.4 Å².